The largest absolute Gasteiger partial charge is 0.419 e. The van der Waals surface area contributed by atoms with Crippen molar-refractivity contribution in [1.29, 1.82) is 0 Å². The van der Waals surface area contributed by atoms with Gasteiger partial charge in [0.2, 0.25) is 5.89 Å². The first-order valence-electron chi connectivity index (χ1n) is 7.33. The summed E-state index contributed by atoms with van der Waals surface area (Å²) in [6.45, 7) is 4.82. The van der Waals surface area contributed by atoms with Gasteiger partial charge in [-0.25, -0.2) is 4.39 Å². The number of benzene rings is 1. The molecule has 0 atom stereocenters. The van der Waals surface area contributed by atoms with E-state index in [9.17, 15) is 4.39 Å². The Morgan fingerprint density at radius 3 is 2.81 bits per heavy atom. The second-order valence-corrected chi connectivity index (χ2v) is 5.21. The highest BCUT2D eigenvalue weighted by molar-refractivity contribution is 5.53. The molecule has 0 amide bonds. The van der Waals surface area contributed by atoms with Gasteiger partial charge in [0.25, 0.3) is 5.89 Å². The Labute approximate surface area is 123 Å². The molecule has 1 aromatic heterocycles. The Hall–Kier alpha value is -1.79. The third kappa shape index (κ3) is 3.65. The van der Waals surface area contributed by atoms with E-state index in [0.717, 1.165) is 13.1 Å². The minimum atomic E-state index is -0.352. The SMILES string of the molecule is Fc1ccccc1-c1nnc(CNCCN2CCCC2)o1. The van der Waals surface area contributed by atoms with Gasteiger partial charge >= 0.3 is 0 Å². The number of aromatic nitrogens is 2. The third-order valence-corrected chi connectivity index (χ3v) is 3.65. The molecule has 2 aromatic rings. The minimum absolute atomic E-state index is 0.226. The Bertz CT molecular complexity index is 581. The topological polar surface area (TPSA) is 54.2 Å². The van der Waals surface area contributed by atoms with Crippen molar-refractivity contribution in [3.63, 3.8) is 0 Å². The number of rotatable bonds is 6. The molecule has 1 N–H and O–H groups in total. The lowest BCUT2D eigenvalue weighted by molar-refractivity contribution is 0.332. The van der Waals surface area contributed by atoms with Gasteiger partial charge in [-0.2, -0.15) is 0 Å². The first-order valence-corrected chi connectivity index (χ1v) is 7.33. The summed E-state index contributed by atoms with van der Waals surface area (Å²) in [5.74, 6) is 0.355. The van der Waals surface area contributed by atoms with Gasteiger partial charge < -0.3 is 14.6 Å². The normalized spacial score (nSPS) is 15.7. The molecule has 1 aliphatic heterocycles. The maximum absolute atomic E-state index is 13.6. The standard InChI is InChI=1S/C15H19FN4O/c16-13-6-2-1-5-12(13)15-19-18-14(21-15)11-17-7-10-20-8-3-4-9-20/h1-2,5-6,17H,3-4,7-11H2. The van der Waals surface area contributed by atoms with Gasteiger partial charge in [0.15, 0.2) is 0 Å². The number of hydrogen-bond acceptors (Lipinski definition) is 5. The van der Waals surface area contributed by atoms with E-state index < -0.39 is 0 Å². The Balaban J connectivity index is 1.50. The highest BCUT2D eigenvalue weighted by Gasteiger charge is 2.13. The number of nitrogens with zero attached hydrogens (tertiary/aromatic N) is 3. The van der Waals surface area contributed by atoms with E-state index in [4.69, 9.17) is 4.42 Å². The van der Waals surface area contributed by atoms with Gasteiger partial charge in [-0.15, -0.1) is 10.2 Å². The molecular weight excluding hydrogens is 271 g/mol. The fraction of sp³-hybridized carbons (Fsp3) is 0.467. The van der Waals surface area contributed by atoms with Crippen LogP contribution < -0.4 is 5.32 Å². The van der Waals surface area contributed by atoms with Crippen LogP contribution in [0.4, 0.5) is 4.39 Å². The summed E-state index contributed by atoms with van der Waals surface area (Å²) in [5, 5.41) is 11.1. The quantitative estimate of drug-likeness (QED) is 0.825. The third-order valence-electron chi connectivity index (χ3n) is 3.65. The summed E-state index contributed by atoms with van der Waals surface area (Å²) >= 11 is 0. The molecule has 1 aliphatic rings. The minimum Gasteiger partial charge on any atom is -0.419 e. The van der Waals surface area contributed by atoms with E-state index in [0.29, 0.717) is 18.0 Å². The van der Waals surface area contributed by atoms with Crippen molar-refractivity contribution in [1.82, 2.24) is 20.4 Å². The highest BCUT2D eigenvalue weighted by Crippen LogP contribution is 2.20. The first-order chi connectivity index (χ1) is 10.3. The molecule has 3 rings (SSSR count). The predicted octanol–water partition coefficient (Wildman–Crippen LogP) is 2.06. The number of halogens is 1. The molecule has 5 nitrogen and oxygen atoms in total. The Kier molecular flexibility index (Phi) is 4.57. The van der Waals surface area contributed by atoms with Crippen LogP contribution in [-0.2, 0) is 6.54 Å². The lowest BCUT2D eigenvalue weighted by Crippen LogP contribution is -2.29. The highest BCUT2D eigenvalue weighted by atomic mass is 19.1. The molecule has 112 valence electrons. The van der Waals surface area contributed by atoms with Crippen LogP contribution in [0, 0.1) is 5.82 Å². The molecule has 1 aromatic carbocycles. The molecule has 21 heavy (non-hydrogen) atoms. The Morgan fingerprint density at radius 2 is 2.00 bits per heavy atom. The van der Waals surface area contributed by atoms with Crippen LogP contribution in [0.5, 0.6) is 0 Å². The summed E-state index contributed by atoms with van der Waals surface area (Å²) in [4.78, 5) is 2.44. The van der Waals surface area contributed by atoms with Gasteiger partial charge in [-0.3, -0.25) is 0 Å². The second kappa shape index (κ2) is 6.78. The van der Waals surface area contributed by atoms with Crippen LogP contribution in [0.3, 0.4) is 0 Å². The van der Waals surface area contributed by atoms with Crippen LogP contribution in [0.2, 0.25) is 0 Å². The van der Waals surface area contributed by atoms with E-state index in [1.165, 1.54) is 32.0 Å². The molecule has 1 fully saturated rings. The smallest absolute Gasteiger partial charge is 0.250 e. The van der Waals surface area contributed by atoms with Crippen LogP contribution in [0.1, 0.15) is 18.7 Å². The van der Waals surface area contributed by atoms with Crippen LogP contribution >= 0.6 is 0 Å². The second-order valence-electron chi connectivity index (χ2n) is 5.21. The van der Waals surface area contributed by atoms with Crippen LogP contribution in [-0.4, -0.2) is 41.3 Å². The summed E-state index contributed by atoms with van der Waals surface area (Å²) in [6.07, 6.45) is 2.60. The van der Waals surface area contributed by atoms with Crippen LogP contribution in [0.15, 0.2) is 28.7 Å². The van der Waals surface area contributed by atoms with E-state index in [-0.39, 0.29) is 11.7 Å². The van der Waals surface area contributed by atoms with Gasteiger partial charge in [-0.1, -0.05) is 12.1 Å². The van der Waals surface area contributed by atoms with Crippen LogP contribution in [0.25, 0.3) is 11.5 Å². The molecule has 1 saturated heterocycles. The summed E-state index contributed by atoms with van der Waals surface area (Å²) in [5.41, 5.74) is 0.341. The zero-order valence-electron chi connectivity index (χ0n) is 11.9. The number of hydrogen-bond donors (Lipinski definition) is 1. The zero-order chi connectivity index (χ0) is 14.5. The van der Waals surface area contributed by atoms with Crippen molar-refractivity contribution in [3.05, 3.63) is 36.0 Å². The maximum atomic E-state index is 13.6. The predicted molar refractivity (Wildman–Crippen MR) is 77.1 cm³/mol. The average molecular weight is 290 g/mol. The summed E-state index contributed by atoms with van der Waals surface area (Å²) < 4.78 is 19.1. The maximum Gasteiger partial charge on any atom is 0.250 e. The van der Waals surface area contributed by atoms with Crippen molar-refractivity contribution in [2.24, 2.45) is 0 Å². The van der Waals surface area contributed by atoms with Gasteiger partial charge in [0, 0.05) is 13.1 Å². The van der Waals surface area contributed by atoms with E-state index in [2.05, 4.69) is 20.4 Å². The fourth-order valence-corrected chi connectivity index (χ4v) is 2.51. The molecule has 0 spiro atoms. The average Bonchev–Trinajstić information content (AvgIpc) is 3.16. The number of nitrogens with one attached hydrogen (secondary N) is 1. The van der Waals surface area contributed by atoms with E-state index in [1.807, 2.05) is 0 Å². The van der Waals surface area contributed by atoms with Gasteiger partial charge in [-0.05, 0) is 38.1 Å². The Morgan fingerprint density at radius 1 is 1.19 bits per heavy atom. The van der Waals surface area contributed by atoms with Crippen molar-refractivity contribution >= 4 is 0 Å². The van der Waals surface area contributed by atoms with E-state index >= 15 is 0 Å². The molecule has 2 heterocycles. The zero-order valence-corrected chi connectivity index (χ0v) is 11.9. The summed E-state index contributed by atoms with van der Waals surface area (Å²) in [6, 6.07) is 6.40. The lowest BCUT2D eigenvalue weighted by atomic mass is 10.2. The van der Waals surface area contributed by atoms with Crippen molar-refractivity contribution < 1.29 is 8.81 Å². The molecular formula is C15H19FN4O. The van der Waals surface area contributed by atoms with Crippen molar-refractivity contribution in [2.75, 3.05) is 26.2 Å². The van der Waals surface area contributed by atoms with Crippen molar-refractivity contribution in [3.8, 4) is 11.5 Å². The molecule has 0 unspecified atom stereocenters. The monoisotopic (exact) mass is 290 g/mol. The number of likely N-dealkylation sites (tertiary alicyclic amines) is 1. The van der Waals surface area contributed by atoms with E-state index in [1.54, 1.807) is 18.2 Å². The molecule has 0 aliphatic carbocycles. The van der Waals surface area contributed by atoms with Gasteiger partial charge in [0.1, 0.15) is 5.82 Å². The fourth-order valence-electron chi connectivity index (χ4n) is 2.51. The van der Waals surface area contributed by atoms with Gasteiger partial charge in [0.05, 0.1) is 12.1 Å². The molecule has 0 saturated carbocycles. The summed E-state index contributed by atoms with van der Waals surface area (Å²) in [7, 11) is 0. The molecule has 0 bridgehead atoms. The first kappa shape index (κ1) is 14.2. The lowest BCUT2D eigenvalue weighted by Gasteiger charge is -2.13. The molecule has 6 heteroatoms. The molecule has 0 radical (unpaired) electrons. The van der Waals surface area contributed by atoms with Crippen molar-refractivity contribution in [2.45, 2.75) is 19.4 Å².